The largest absolute Gasteiger partial charge is 0.395 e. The van der Waals surface area contributed by atoms with E-state index in [2.05, 4.69) is 42.3 Å². The fourth-order valence-electron chi connectivity index (χ4n) is 1.73. The van der Waals surface area contributed by atoms with Crippen LogP contribution < -0.4 is 11.1 Å². The lowest BCUT2D eigenvalue weighted by atomic mass is 10.2. The van der Waals surface area contributed by atoms with Gasteiger partial charge in [0.2, 0.25) is 0 Å². The minimum Gasteiger partial charge on any atom is -0.395 e. The van der Waals surface area contributed by atoms with Crippen LogP contribution in [-0.2, 0) is 7.05 Å². The molecule has 0 unspecified atom stereocenters. The first-order chi connectivity index (χ1) is 8.91. The number of halogens is 2. The Morgan fingerprint density at radius 2 is 1.95 bits per heavy atom. The van der Waals surface area contributed by atoms with Crippen molar-refractivity contribution in [1.82, 2.24) is 9.78 Å². The Bertz CT molecular complexity index is 631. The number of nitrogens with zero attached hydrogens (tertiary/aromatic N) is 2. The molecule has 2 aromatic rings. The predicted octanol–water partition coefficient (Wildman–Crippen LogP) is 3.09. The molecule has 0 aliphatic rings. The molecule has 1 aromatic carbocycles. The van der Waals surface area contributed by atoms with Gasteiger partial charge >= 0.3 is 0 Å². The highest BCUT2D eigenvalue weighted by atomic mass is 79.9. The molecule has 5 nitrogen and oxygen atoms in total. The predicted molar refractivity (Wildman–Crippen MR) is 82.2 cm³/mol. The number of hydrogen-bond acceptors (Lipinski definition) is 3. The number of nitrogens with two attached hydrogens (primary N) is 1. The Hall–Kier alpha value is -1.34. The lowest BCUT2D eigenvalue weighted by Gasteiger charge is -2.10. The standard InChI is InChI=1S/C12H12Br2N4O/c1-6-9(15)11(18(2)17-6)12(19)16-10-7(13)4-3-5-8(10)14/h3-5H,15H2,1-2H3,(H,16,19). The molecule has 1 amide bonds. The number of anilines is 2. The van der Waals surface area contributed by atoms with E-state index in [9.17, 15) is 4.79 Å². The molecule has 2 rings (SSSR count). The zero-order valence-electron chi connectivity index (χ0n) is 10.4. The van der Waals surface area contributed by atoms with Crippen molar-refractivity contribution < 1.29 is 4.79 Å². The summed E-state index contributed by atoms with van der Waals surface area (Å²) >= 11 is 6.78. The number of carbonyl (C=O) groups is 1. The highest BCUT2D eigenvalue weighted by Crippen LogP contribution is 2.31. The van der Waals surface area contributed by atoms with Crippen LogP contribution in [-0.4, -0.2) is 15.7 Å². The number of aromatic nitrogens is 2. The Labute approximate surface area is 127 Å². The third kappa shape index (κ3) is 2.66. The fraction of sp³-hybridized carbons (Fsp3) is 0.167. The monoisotopic (exact) mass is 386 g/mol. The van der Waals surface area contributed by atoms with E-state index < -0.39 is 0 Å². The van der Waals surface area contributed by atoms with Gasteiger partial charge in [-0.15, -0.1) is 0 Å². The summed E-state index contributed by atoms with van der Waals surface area (Å²) in [4.78, 5) is 12.3. The maximum absolute atomic E-state index is 12.3. The maximum atomic E-state index is 12.3. The minimum atomic E-state index is -0.298. The van der Waals surface area contributed by atoms with Crippen molar-refractivity contribution in [1.29, 1.82) is 0 Å². The van der Waals surface area contributed by atoms with E-state index in [1.54, 1.807) is 14.0 Å². The van der Waals surface area contributed by atoms with Crippen LogP contribution in [0.2, 0.25) is 0 Å². The second-order valence-corrected chi connectivity index (χ2v) is 5.73. The summed E-state index contributed by atoms with van der Waals surface area (Å²) in [7, 11) is 1.69. The van der Waals surface area contributed by atoms with Crippen molar-refractivity contribution in [3.05, 3.63) is 38.5 Å². The highest BCUT2D eigenvalue weighted by Gasteiger charge is 2.19. The first-order valence-corrected chi connectivity index (χ1v) is 7.05. The zero-order valence-corrected chi connectivity index (χ0v) is 13.5. The van der Waals surface area contributed by atoms with Gasteiger partial charge < -0.3 is 11.1 Å². The van der Waals surface area contributed by atoms with Gasteiger partial charge in [-0.3, -0.25) is 9.48 Å². The number of benzene rings is 1. The summed E-state index contributed by atoms with van der Waals surface area (Å²) in [6.07, 6.45) is 0. The number of amides is 1. The van der Waals surface area contributed by atoms with Crippen molar-refractivity contribution >= 4 is 49.1 Å². The number of rotatable bonds is 2. The molecule has 0 saturated heterocycles. The Balaban J connectivity index is 2.36. The molecule has 1 heterocycles. The molecule has 0 fully saturated rings. The second kappa shape index (κ2) is 5.34. The highest BCUT2D eigenvalue weighted by molar-refractivity contribution is 9.11. The summed E-state index contributed by atoms with van der Waals surface area (Å²) in [5, 5.41) is 6.94. The lowest BCUT2D eigenvalue weighted by Crippen LogP contribution is -2.18. The summed E-state index contributed by atoms with van der Waals surface area (Å²) < 4.78 is 3.05. The van der Waals surface area contributed by atoms with Crippen LogP contribution in [0.4, 0.5) is 11.4 Å². The second-order valence-electron chi connectivity index (χ2n) is 4.02. The van der Waals surface area contributed by atoms with Gasteiger partial charge in [-0.1, -0.05) is 6.07 Å². The molecule has 1 aromatic heterocycles. The van der Waals surface area contributed by atoms with Crippen LogP contribution in [0.25, 0.3) is 0 Å². The van der Waals surface area contributed by atoms with E-state index >= 15 is 0 Å². The topological polar surface area (TPSA) is 72.9 Å². The molecule has 100 valence electrons. The molecule has 0 spiro atoms. The van der Waals surface area contributed by atoms with Crippen molar-refractivity contribution in [3.63, 3.8) is 0 Å². The number of aryl methyl sites for hydroxylation is 2. The van der Waals surface area contributed by atoms with Crippen LogP contribution in [0.3, 0.4) is 0 Å². The van der Waals surface area contributed by atoms with Gasteiger partial charge in [-0.05, 0) is 50.9 Å². The quantitative estimate of drug-likeness (QED) is 0.831. The minimum absolute atomic E-state index is 0.298. The third-order valence-corrected chi connectivity index (χ3v) is 4.01. The molecular weight excluding hydrogens is 376 g/mol. The van der Waals surface area contributed by atoms with Crippen LogP contribution in [0, 0.1) is 6.92 Å². The van der Waals surface area contributed by atoms with Crippen LogP contribution in [0.5, 0.6) is 0 Å². The van der Waals surface area contributed by atoms with E-state index in [1.807, 2.05) is 18.2 Å². The summed E-state index contributed by atoms with van der Waals surface area (Å²) in [6.45, 7) is 1.76. The van der Waals surface area contributed by atoms with Crippen LogP contribution in [0.15, 0.2) is 27.1 Å². The van der Waals surface area contributed by atoms with Gasteiger partial charge in [0.1, 0.15) is 5.69 Å². The summed E-state index contributed by atoms with van der Waals surface area (Å²) in [6, 6.07) is 5.56. The van der Waals surface area contributed by atoms with Crippen molar-refractivity contribution in [2.75, 3.05) is 11.1 Å². The molecule has 3 N–H and O–H groups in total. The van der Waals surface area contributed by atoms with E-state index in [0.29, 0.717) is 22.8 Å². The molecule has 19 heavy (non-hydrogen) atoms. The third-order valence-electron chi connectivity index (χ3n) is 2.68. The molecule has 7 heteroatoms. The number of nitrogen functional groups attached to an aromatic ring is 1. The van der Waals surface area contributed by atoms with E-state index in [-0.39, 0.29) is 5.91 Å². The van der Waals surface area contributed by atoms with Crippen LogP contribution in [0.1, 0.15) is 16.2 Å². The average molecular weight is 388 g/mol. The van der Waals surface area contributed by atoms with Gasteiger partial charge in [0.05, 0.1) is 17.1 Å². The SMILES string of the molecule is Cc1nn(C)c(C(=O)Nc2c(Br)cccc2Br)c1N. The Kier molecular flexibility index (Phi) is 3.96. The molecule has 0 atom stereocenters. The molecule has 0 bridgehead atoms. The van der Waals surface area contributed by atoms with Crippen LogP contribution >= 0.6 is 31.9 Å². The Morgan fingerprint density at radius 1 is 1.37 bits per heavy atom. The van der Waals surface area contributed by atoms with Crippen molar-refractivity contribution in [3.8, 4) is 0 Å². The first kappa shape index (κ1) is 14.1. The van der Waals surface area contributed by atoms with Gasteiger partial charge in [0.25, 0.3) is 5.91 Å². The number of nitrogens with one attached hydrogen (secondary N) is 1. The fourth-order valence-corrected chi connectivity index (χ4v) is 2.93. The molecule has 0 radical (unpaired) electrons. The van der Waals surface area contributed by atoms with E-state index in [4.69, 9.17) is 5.73 Å². The van der Waals surface area contributed by atoms with Gasteiger partial charge in [-0.25, -0.2) is 0 Å². The maximum Gasteiger partial charge on any atom is 0.276 e. The van der Waals surface area contributed by atoms with Crippen molar-refractivity contribution in [2.45, 2.75) is 6.92 Å². The van der Waals surface area contributed by atoms with Crippen molar-refractivity contribution in [2.24, 2.45) is 7.05 Å². The number of para-hydroxylation sites is 1. The normalized spacial score (nSPS) is 10.5. The first-order valence-electron chi connectivity index (χ1n) is 5.46. The summed E-state index contributed by atoms with van der Waals surface area (Å²) in [5.74, 6) is -0.298. The van der Waals surface area contributed by atoms with E-state index in [0.717, 1.165) is 8.95 Å². The molecule has 0 aliphatic carbocycles. The lowest BCUT2D eigenvalue weighted by molar-refractivity contribution is 0.101. The molecule has 0 saturated carbocycles. The Morgan fingerprint density at radius 3 is 2.42 bits per heavy atom. The zero-order chi connectivity index (χ0) is 14.2. The number of hydrogen-bond donors (Lipinski definition) is 2. The van der Waals surface area contributed by atoms with E-state index in [1.165, 1.54) is 4.68 Å². The van der Waals surface area contributed by atoms with Gasteiger partial charge in [0.15, 0.2) is 0 Å². The van der Waals surface area contributed by atoms with Gasteiger partial charge in [0, 0.05) is 16.0 Å². The van der Waals surface area contributed by atoms with Gasteiger partial charge in [-0.2, -0.15) is 5.10 Å². The molecule has 0 aliphatic heterocycles. The smallest absolute Gasteiger partial charge is 0.276 e. The number of carbonyl (C=O) groups excluding carboxylic acids is 1. The average Bonchev–Trinajstić information content (AvgIpc) is 2.58. The summed E-state index contributed by atoms with van der Waals surface area (Å²) in [5.41, 5.74) is 7.90. The molecular formula is C12H12Br2N4O.